The third-order valence-corrected chi connectivity index (χ3v) is 6.19. The molecule has 4 rings (SSSR count). The normalized spacial score (nSPS) is 15.6. The Morgan fingerprint density at radius 1 is 1.12 bits per heavy atom. The Hall–Kier alpha value is -3.16. The minimum atomic E-state index is -0.482. The molecule has 8 heteroatoms. The van der Waals surface area contributed by atoms with Crippen LogP contribution in [-0.2, 0) is 30.8 Å². The van der Waals surface area contributed by atoms with E-state index in [1.165, 1.54) is 10.1 Å². The molecule has 0 bridgehead atoms. The third-order valence-electron chi connectivity index (χ3n) is 6.19. The number of fused-ring (bicyclic) bond motifs is 2. The van der Waals surface area contributed by atoms with E-state index in [2.05, 4.69) is 23.3 Å². The van der Waals surface area contributed by atoms with Crippen LogP contribution < -0.4 is 16.6 Å². The van der Waals surface area contributed by atoms with Crippen molar-refractivity contribution in [2.75, 3.05) is 0 Å². The Kier molecular flexibility index (Phi) is 6.58. The number of nitrogens with zero attached hydrogens (tertiary/aromatic N) is 4. The van der Waals surface area contributed by atoms with Crippen LogP contribution in [-0.4, -0.2) is 24.6 Å². The molecule has 1 aromatic carbocycles. The van der Waals surface area contributed by atoms with Gasteiger partial charge in [0.25, 0.3) is 5.56 Å². The van der Waals surface area contributed by atoms with Gasteiger partial charge in [0.15, 0.2) is 11.2 Å². The molecule has 0 fully saturated rings. The van der Waals surface area contributed by atoms with Gasteiger partial charge in [0.05, 0.1) is 12.4 Å². The summed E-state index contributed by atoms with van der Waals surface area (Å²) in [6, 6.07) is 8.02. The molecule has 170 valence electrons. The van der Waals surface area contributed by atoms with Crippen molar-refractivity contribution < 1.29 is 4.79 Å². The van der Waals surface area contributed by atoms with Crippen molar-refractivity contribution in [2.24, 2.45) is 0 Å². The monoisotopic (exact) mass is 437 g/mol. The van der Waals surface area contributed by atoms with Crippen molar-refractivity contribution in [3.8, 4) is 0 Å². The average Bonchev–Trinajstić information content (AvgIpc) is 3.22. The lowest BCUT2D eigenvalue weighted by molar-refractivity contribution is -0.122. The molecule has 2 aromatic heterocycles. The van der Waals surface area contributed by atoms with Gasteiger partial charge in [-0.15, -0.1) is 0 Å². The highest BCUT2D eigenvalue weighted by molar-refractivity contribution is 5.77. The van der Waals surface area contributed by atoms with Gasteiger partial charge in [-0.2, -0.15) is 0 Å². The molecule has 0 saturated heterocycles. The van der Waals surface area contributed by atoms with E-state index in [1.807, 2.05) is 25.1 Å². The summed E-state index contributed by atoms with van der Waals surface area (Å²) in [6.45, 7) is 4.85. The fourth-order valence-corrected chi connectivity index (χ4v) is 4.59. The molecule has 1 amide bonds. The SMILES string of the molecule is CCCCn1cnc2c1c(=O)n(CC(=O)NC1CCCc3ccccc31)c(=O)n2CCC. The Morgan fingerprint density at radius 2 is 1.94 bits per heavy atom. The van der Waals surface area contributed by atoms with Gasteiger partial charge in [0, 0.05) is 13.1 Å². The first-order chi connectivity index (χ1) is 15.5. The number of aryl methyl sites for hydroxylation is 3. The summed E-state index contributed by atoms with van der Waals surface area (Å²) >= 11 is 0. The van der Waals surface area contributed by atoms with Crippen LogP contribution in [0.15, 0.2) is 40.2 Å². The standard InChI is InChI=1S/C24H31N5O3/c1-3-5-14-27-16-25-22-21(27)23(31)29(24(32)28(22)13-4-2)15-20(30)26-19-12-8-10-17-9-6-7-11-18(17)19/h6-7,9,11,16,19H,3-5,8,10,12-15H2,1-2H3,(H,26,30). The molecule has 1 aliphatic rings. The predicted molar refractivity (Wildman–Crippen MR) is 124 cm³/mol. The van der Waals surface area contributed by atoms with Crippen LogP contribution in [0.4, 0.5) is 0 Å². The zero-order valence-electron chi connectivity index (χ0n) is 18.8. The van der Waals surface area contributed by atoms with E-state index < -0.39 is 11.2 Å². The summed E-state index contributed by atoms with van der Waals surface area (Å²) in [7, 11) is 0. The van der Waals surface area contributed by atoms with Crippen molar-refractivity contribution in [2.45, 2.75) is 78.0 Å². The lowest BCUT2D eigenvalue weighted by atomic mass is 9.88. The molecular formula is C24H31N5O3. The van der Waals surface area contributed by atoms with Gasteiger partial charge in [0.2, 0.25) is 5.91 Å². The number of nitrogens with one attached hydrogen (secondary N) is 1. The number of hydrogen-bond donors (Lipinski definition) is 1. The smallest absolute Gasteiger partial charge is 0.333 e. The molecule has 8 nitrogen and oxygen atoms in total. The van der Waals surface area contributed by atoms with Crippen LogP contribution in [0.25, 0.3) is 11.2 Å². The van der Waals surface area contributed by atoms with E-state index in [-0.39, 0.29) is 18.5 Å². The molecule has 1 aliphatic carbocycles. The van der Waals surface area contributed by atoms with E-state index in [0.717, 1.165) is 48.7 Å². The first kappa shape index (κ1) is 22.0. The molecule has 0 radical (unpaired) electrons. The maximum absolute atomic E-state index is 13.3. The van der Waals surface area contributed by atoms with Gasteiger partial charge in [0.1, 0.15) is 6.54 Å². The summed E-state index contributed by atoms with van der Waals surface area (Å²) in [4.78, 5) is 43.7. The molecule has 1 atom stereocenters. The number of aromatic nitrogens is 4. The number of benzene rings is 1. The van der Waals surface area contributed by atoms with Crippen LogP contribution in [0.1, 0.15) is 63.1 Å². The summed E-state index contributed by atoms with van der Waals surface area (Å²) in [5.74, 6) is -0.326. The van der Waals surface area contributed by atoms with Crippen molar-refractivity contribution in [3.05, 3.63) is 62.6 Å². The van der Waals surface area contributed by atoms with E-state index in [1.54, 1.807) is 10.9 Å². The molecule has 1 N–H and O–H groups in total. The Morgan fingerprint density at radius 3 is 2.72 bits per heavy atom. The number of amides is 1. The van der Waals surface area contributed by atoms with Crippen LogP contribution in [0.2, 0.25) is 0 Å². The van der Waals surface area contributed by atoms with E-state index in [0.29, 0.717) is 24.3 Å². The highest BCUT2D eigenvalue weighted by atomic mass is 16.2. The van der Waals surface area contributed by atoms with E-state index in [4.69, 9.17) is 0 Å². The van der Waals surface area contributed by atoms with Gasteiger partial charge < -0.3 is 9.88 Å². The topological polar surface area (TPSA) is 90.9 Å². The molecule has 0 spiro atoms. The predicted octanol–water partition coefficient (Wildman–Crippen LogP) is 2.76. The molecule has 2 heterocycles. The average molecular weight is 438 g/mol. The Labute approximate surface area is 186 Å². The lowest BCUT2D eigenvalue weighted by Crippen LogP contribution is -2.45. The highest BCUT2D eigenvalue weighted by Crippen LogP contribution is 2.29. The van der Waals surface area contributed by atoms with E-state index >= 15 is 0 Å². The van der Waals surface area contributed by atoms with Crippen LogP contribution >= 0.6 is 0 Å². The number of unbranched alkanes of at least 4 members (excludes halogenated alkanes) is 1. The molecular weight excluding hydrogens is 406 g/mol. The third kappa shape index (κ3) is 4.13. The zero-order valence-corrected chi connectivity index (χ0v) is 18.8. The van der Waals surface area contributed by atoms with Crippen molar-refractivity contribution in [3.63, 3.8) is 0 Å². The molecule has 1 unspecified atom stereocenters. The quantitative estimate of drug-likeness (QED) is 0.587. The highest BCUT2D eigenvalue weighted by Gasteiger charge is 2.23. The van der Waals surface area contributed by atoms with Crippen molar-refractivity contribution >= 4 is 17.1 Å². The van der Waals surface area contributed by atoms with Crippen LogP contribution in [0, 0.1) is 0 Å². The van der Waals surface area contributed by atoms with Gasteiger partial charge in [-0.25, -0.2) is 14.3 Å². The second-order valence-electron chi connectivity index (χ2n) is 8.50. The minimum absolute atomic E-state index is 0.0974. The number of carbonyl (C=O) groups excluding carboxylic acids is 1. The van der Waals surface area contributed by atoms with Gasteiger partial charge in [-0.05, 0) is 43.2 Å². The van der Waals surface area contributed by atoms with E-state index in [9.17, 15) is 14.4 Å². The number of imidazole rings is 1. The van der Waals surface area contributed by atoms with Gasteiger partial charge >= 0.3 is 5.69 Å². The van der Waals surface area contributed by atoms with Gasteiger partial charge in [-0.1, -0.05) is 44.5 Å². The second kappa shape index (κ2) is 9.54. The fraction of sp³-hybridized carbons (Fsp3) is 0.500. The summed E-state index contributed by atoms with van der Waals surface area (Å²) in [5, 5.41) is 3.05. The fourth-order valence-electron chi connectivity index (χ4n) is 4.59. The van der Waals surface area contributed by atoms with Crippen molar-refractivity contribution in [1.29, 1.82) is 0 Å². The van der Waals surface area contributed by atoms with Gasteiger partial charge in [-0.3, -0.25) is 14.2 Å². The lowest BCUT2D eigenvalue weighted by Gasteiger charge is -2.26. The number of carbonyl (C=O) groups is 1. The molecule has 32 heavy (non-hydrogen) atoms. The number of hydrogen-bond acceptors (Lipinski definition) is 4. The second-order valence-corrected chi connectivity index (χ2v) is 8.50. The Bertz CT molecular complexity index is 1240. The first-order valence-electron chi connectivity index (χ1n) is 11.6. The number of rotatable bonds is 8. The van der Waals surface area contributed by atoms with Crippen LogP contribution in [0.3, 0.4) is 0 Å². The first-order valence-corrected chi connectivity index (χ1v) is 11.6. The zero-order chi connectivity index (χ0) is 22.7. The molecule has 0 saturated carbocycles. The summed E-state index contributed by atoms with van der Waals surface area (Å²) < 4.78 is 4.38. The molecule has 3 aromatic rings. The van der Waals surface area contributed by atoms with Crippen LogP contribution in [0.5, 0.6) is 0 Å². The summed E-state index contributed by atoms with van der Waals surface area (Å²) in [5.41, 5.74) is 2.22. The minimum Gasteiger partial charge on any atom is -0.348 e. The Balaban J connectivity index is 1.67. The van der Waals surface area contributed by atoms with Crippen molar-refractivity contribution in [1.82, 2.24) is 24.0 Å². The summed E-state index contributed by atoms with van der Waals surface area (Å²) in [6.07, 6.45) is 7.07. The maximum atomic E-state index is 13.3. The maximum Gasteiger partial charge on any atom is 0.333 e. The molecule has 0 aliphatic heterocycles. The largest absolute Gasteiger partial charge is 0.348 e.